The van der Waals surface area contributed by atoms with Crippen molar-refractivity contribution in [2.45, 2.75) is 182 Å². The van der Waals surface area contributed by atoms with E-state index in [-0.39, 0.29) is 12.8 Å². The van der Waals surface area contributed by atoms with Gasteiger partial charge in [0.15, 0.2) is 0 Å². The Labute approximate surface area is 459 Å². The predicted molar refractivity (Wildman–Crippen MR) is 310 cm³/mol. The van der Waals surface area contributed by atoms with Crippen LogP contribution in [-0.4, -0.2) is 47.1 Å². The number of benzene rings is 4. The Hall–Kier alpha value is -7.12. The average Bonchev–Trinajstić information content (AvgIpc) is 3.26. The smallest absolute Gasteiger partial charge is 0.410 e. The van der Waals surface area contributed by atoms with Crippen molar-refractivity contribution in [3.05, 3.63) is 168 Å². The van der Waals surface area contributed by atoms with Gasteiger partial charge in [-0.05, 0) is 167 Å². The Kier molecular flexibility index (Phi) is 19.2. The molecule has 0 radical (unpaired) electrons. The van der Waals surface area contributed by atoms with Crippen LogP contribution in [0.25, 0.3) is 22.3 Å². The summed E-state index contributed by atoms with van der Waals surface area (Å²) in [5.41, 5.74) is 3.75. The highest BCUT2D eigenvalue weighted by Gasteiger charge is 2.50. The van der Waals surface area contributed by atoms with Crippen LogP contribution in [0.3, 0.4) is 0 Å². The van der Waals surface area contributed by atoms with E-state index in [2.05, 4.69) is 47.6 Å². The first kappa shape index (κ1) is 62.4. The molecule has 0 aliphatic heterocycles. The molecule has 0 bridgehead atoms. The number of carbonyl (C=O) groups is 4. The molecule has 0 aromatic heterocycles. The first-order valence-corrected chi connectivity index (χ1v) is 26.0. The fraction of sp³-hybridized carbons (Fsp3) is 0.438. The van der Waals surface area contributed by atoms with Gasteiger partial charge in [-0.25, -0.2) is 19.2 Å². The normalized spacial score (nSPS) is 13.8. The van der Waals surface area contributed by atoms with Crippen molar-refractivity contribution in [3.8, 4) is 0 Å². The summed E-state index contributed by atoms with van der Waals surface area (Å²) >= 11 is 0. The number of amides is 4. The summed E-state index contributed by atoms with van der Waals surface area (Å²) in [6, 6.07) is 30.6. The summed E-state index contributed by atoms with van der Waals surface area (Å²) in [5.74, 6) is -4.12. The maximum Gasteiger partial charge on any atom is 0.410 e. The second-order valence-corrected chi connectivity index (χ2v) is 24.2. The molecular weight excluding hydrogens is 969 g/mol. The van der Waals surface area contributed by atoms with Gasteiger partial charge in [0, 0.05) is 13.8 Å². The highest BCUT2D eigenvalue weighted by Crippen LogP contribution is 2.39. The van der Waals surface area contributed by atoms with Crippen LogP contribution >= 0.6 is 0 Å². The number of rotatable bonds is 22. The molecule has 4 N–H and O–H groups in total. The maximum atomic E-state index is 14.4. The highest BCUT2D eigenvalue weighted by molar-refractivity contribution is 5.72. The molecule has 0 aliphatic rings. The molecule has 4 aromatic rings. The third-order valence-corrected chi connectivity index (χ3v) is 13.3. The van der Waals surface area contributed by atoms with Crippen LogP contribution in [0.2, 0.25) is 0 Å². The van der Waals surface area contributed by atoms with Gasteiger partial charge in [-0.1, -0.05) is 134 Å². The average molecular weight is 1060 g/mol. The van der Waals surface area contributed by atoms with E-state index >= 15 is 0 Å². The number of allylic oxidation sites excluding steroid dienone is 4. The maximum absolute atomic E-state index is 14.4. The molecule has 0 heterocycles. The largest absolute Gasteiger partial charge is 0.443 e. The molecule has 13 heteroatoms. The van der Waals surface area contributed by atoms with E-state index < -0.39 is 69.3 Å². The van der Waals surface area contributed by atoms with Crippen LogP contribution in [0, 0.1) is 0 Å². The molecule has 0 aliphatic carbocycles. The quantitative estimate of drug-likeness (QED) is 0.0443. The van der Waals surface area contributed by atoms with E-state index in [9.17, 15) is 19.2 Å². The minimum absolute atomic E-state index is 0.305. The van der Waals surface area contributed by atoms with E-state index in [1.54, 1.807) is 27.7 Å². The first-order valence-electron chi connectivity index (χ1n) is 26.0. The third kappa shape index (κ3) is 18.0. The zero-order valence-corrected chi connectivity index (χ0v) is 49.2. The van der Waals surface area contributed by atoms with Crippen molar-refractivity contribution < 1.29 is 42.9 Å². The van der Waals surface area contributed by atoms with Crippen molar-refractivity contribution >= 4 is 46.7 Å². The zero-order valence-electron chi connectivity index (χ0n) is 49.2. The molecule has 4 aromatic carbocycles. The molecule has 13 nitrogen and oxygen atoms in total. The zero-order chi connectivity index (χ0) is 58.3. The van der Waals surface area contributed by atoms with E-state index in [4.69, 9.17) is 23.7 Å². The molecule has 416 valence electrons. The number of ether oxygens (including phenoxy) is 5. The van der Waals surface area contributed by atoms with E-state index in [1.807, 2.05) is 180 Å². The molecule has 0 saturated carbocycles. The van der Waals surface area contributed by atoms with Gasteiger partial charge in [-0.2, -0.15) is 0 Å². The summed E-state index contributed by atoms with van der Waals surface area (Å²) < 4.78 is 31.9. The molecule has 4 rings (SSSR count). The number of alkyl carbamates (subject to hydrolysis) is 4. The minimum atomic E-state index is -2.06. The SMILES string of the molecule is C=C(C)c1ccc(C(C)(C)NC(=O)OC(C)(CC(C)(C)OC(=O)NC(C)(C)c2cccc(C(=C)C)c2)OC(C)(CC(C)(C)OC(=O)NC(C)(C)c2cccc(C(=C)C)c2)OC(=O)NC(C)(C)c2ccc(C(=C)C)cc2)cc1. The van der Waals surface area contributed by atoms with Gasteiger partial charge in [0.25, 0.3) is 0 Å². The summed E-state index contributed by atoms with van der Waals surface area (Å²) in [6.45, 7) is 48.1. The Morgan fingerprint density at radius 1 is 0.364 bits per heavy atom. The summed E-state index contributed by atoms with van der Waals surface area (Å²) in [4.78, 5) is 56.9. The lowest BCUT2D eigenvalue weighted by Crippen LogP contribution is -2.56. The lowest BCUT2D eigenvalue weighted by atomic mass is 9.92. The van der Waals surface area contributed by atoms with Gasteiger partial charge >= 0.3 is 24.4 Å². The second kappa shape index (κ2) is 23.6. The topological polar surface area (TPSA) is 163 Å². The number of hydrogen-bond donors (Lipinski definition) is 4. The molecular formula is C64H86N4O9. The predicted octanol–water partition coefficient (Wildman–Crippen LogP) is 15.6. The van der Waals surface area contributed by atoms with E-state index in [0.717, 1.165) is 66.8 Å². The van der Waals surface area contributed by atoms with Gasteiger partial charge in [0.2, 0.25) is 11.6 Å². The van der Waals surface area contributed by atoms with Crippen LogP contribution < -0.4 is 21.3 Å². The van der Waals surface area contributed by atoms with Crippen molar-refractivity contribution in [2.24, 2.45) is 0 Å². The number of nitrogens with one attached hydrogen (secondary N) is 4. The van der Waals surface area contributed by atoms with Crippen molar-refractivity contribution in [1.82, 2.24) is 21.3 Å². The van der Waals surface area contributed by atoms with Crippen LogP contribution in [-0.2, 0) is 45.8 Å². The number of carbonyl (C=O) groups excluding carboxylic acids is 4. The van der Waals surface area contributed by atoms with Crippen LogP contribution in [0.1, 0.15) is 182 Å². The minimum Gasteiger partial charge on any atom is -0.443 e. The Morgan fingerprint density at radius 3 is 0.896 bits per heavy atom. The van der Waals surface area contributed by atoms with Crippen molar-refractivity contribution in [1.29, 1.82) is 0 Å². The fourth-order valence-electron chi connectivity index (χ4n) is 9.26. The lowest BCUT2D eigenvalue weighted by molar-refractivity contribution is -0.333. The Balaban J connectivity index is 1.77. The standard InChI is InChI=1S/C64H86N4O9/c1-41(2)45-29-33-49(34-30-45)59(13,14)67-55(71)75-63(21,39-57(9,10)73-53(69)65-61(17,18)51-27-23-25-47(37-51)43(5)6)77-64(22,76-56(72)68-60(15,16)50-35-31-46(32-36-50)42(3)4)40-58(11,12)74-54(70)66-62(19,20)52-28-24-26-48(38-52)44(7)8/h23-38H,1,3,5,7,39-40H2,2,4,6,8-22H3,(H,65,69)(H,66,70)(H,67,71)(H,68,72). The van der Waals surface area contributed by atoms with Gasteiger partial charge in [-0.3, -0.25) is 4.74 Å². The van der Waals surface area contributed by atoms with Crippen LogP contribution in [0.5, 0.6) is 0 Å². The third-order valence-electron chi connectivity index (χ3n) is 13.3. The van der Waals surface area contributed by atoms with Gasteiger partial charge in [0.1, 0.15) is 11.2 Å². The highest BCUT2D eigenvalue weighted by atomic mass is 16.8. The first-order chi connectivity index (χ1) is 35.2. The van der Waals surface area contributed by atoms with Gasteiger partial charge in [0.05, 0.1) is 35.0 Å². The van der Waals surface area contributed by atoms with Crippen molar-refractivity contribution in [2.75, 3.05) is 0 Å². The fourth-order valence-corrected chi connectivity index (χ4v) is 9.26. The Morgan fingerprint density at radius 2 is 0.623 bits per heavy atom. The summed E-state index contributed by atoms with van der Waals surface area (Å²) in [7, 11) is 0. The lowest BCUT2D eigenvalue weighted by Gasteiger charge is -2.44. The van der Waals surface area contributed by atoms with Gasteiger partial charge < -0.3 is 40.2 Å². The molecule has 0 spiro atoms. The van der Waals surface area contributed by atoms with Crippen LogP contribution in [0.15, 0.2) is 123 Å². The second-order valence-electron chi connectivity index (χ2n) is 24.2. The van der Waals surface area contributed by atoms with E-state index in [1.165, 1.54) is 13.8 Å². The molecule has 4 amide bonds. The summed E-state index contributed by atoms with van der Waals surface area (Å²) in [5, 5.41) is 11.9. The Bertz CT molecular complexity index is 2660. The molecule has 77 heavy (non-hydrogen) atoms. The van der Waals surface area contributed by atoms with E-state index in [0.29, 0.717) is 0 Å². The van der Waals surface area contributed by atoms with Gasteiger partial charge in [-0.15, -0.1) is 0 Å². The summed E-state index contributed by atoms with van der Waals surface area (Å²) in [6.07, 6.45) is -3.95. The number of hydrogen-bond acceptors (Lipinski definition) is 9. The molecule has 0 saturated heterocycles. The van der Waals surface area contributed by atoms with Crippen LogP contribution in [0.4, 0.5) is 19.2 Å². The monoisotopic (exact) mass is 1050 g/mol. The molecule has 2 unspecified atom stereocenters. The van der Waals surface area contributed by atoms with Crippen molar-refractivity contribution in [3.63, 3.8) is 0 Å². The molecule has 2 atom stereocenters. The molecule has 0 fully saturated rings.